The van der Waals surface area contributed by atoms with E-state index in [-0.39, 0.29) is 6.61 Å². The van der Waals surface area contributed by atoms with E-state index in [0.29, 0.717) is 49.3 Å². The molecule has 3 nitrogen and oxygen atoms in total. The zero-order chi connectivity index (χ0) is 23.3. The third-order valence-corrected chi connectivity index (χ3v) is 6.51. The molecule has 0 amide bonds. The van der Waals surface area contributed by atoms with Gasteiger partial charge >= 0.3 is 0 Å². The molecule has 0 aliphatic heterocycles. The van der Waals surface area contributed by atoms with Crippen molar-refractivity contribution in [3.05, 3.63) is 88.9 Å². The summed E-state index contributed by atoms with van der Waals surface area (Å²) in [5, 5.41) is 11.6. The number of benzene rings is 3. The second kappa shape index (κ2) is 11.5. The number of ether oxygens (including phenoxy) is 2. The van der Waals surface area contributed by atoms with Crippen molar-refractivity contribution >= 4 is 80.6 Å². The molecule has 3 rings (SSSR count). The van der Waals surface area contributed by atoms with Crippen LogP contribution in [0.3, 0.4) is 0 Å². The summed E-state index contributed by atoms with van der Waals surface area (Å²) in [6.45, 7) is 2.61. The van der Waals surface area contributed by atoms with Gasteiger partial charge in [0.1, 0.15) is 6.61 Å². The number of nitriles is 1. The highest BCUT2D eigenvalue weighted by molar-refractivity contribution is 14.1. The molecule has 0 spiro atoms. The van der Waals surface area contributed by atoms with Crippen LogP contribution in [0.5, 0.6) is 11.5 Å². The second-order valence-corrected chi connectivity index (χ2v) is 9.41. The van der Waals surface area contributed by atoms with E-state index in [1.165, 1.54) is 0 Å². The SMILES string of the molecule is CCOc1cc(/C=C(/C#N)c2ccc(Cl)c(Cl)c2)cc(I)c1OCc1ccc(Cl)cc1Cl. The van der Waals surface area contributed by atoms with E-state index in [1.54, 1.807) is 36.4 Å². The fourth-order valence-corrected chi connectivity index (χ4v) is 4.42. The quantitative estimate of drug-likeness (QED) is 0.151. The maximum atomic E-state index is 9.68. The Morgan fingerprint density at radius 2 is 1.75 bits per heavy atom. The van der Waals surface area contributed by atoms with E-state index in [4.69, 9.17) is 55.9 Å². The molecule has 0 fully saturated rings. The zero-order valence-electron chi connectivity index (χ0n) is 16.8. The van der Waals surface area contributed by atoms with E-state index in [2.05, 4.69) is 28.7 Å². The normalized spacial score (nSPS) is 11.2. The van der Waals surface area contributed by atoms with Crippen LogP contribution in [-0.4, -0.2) is 6.61 Å². The zero-order valence-corrected chi connectivity index (χ0v) is 21.9. The lowest BCUT2D eigenvalue weighted by molar-refractivity contribution is 0.267. The van der Waals surface area contributed by atoms with Crippen molar-refractivity contribution in [2.45, 2.75) is 13.5 Å². The minimum Gasteiger partial charge on any atom is -0.490 e. The Bertz CT molecular complexity index is 1220. The summed E-state index contributed by atoms with van der Waals surface area (Å²) in [5.41, 5.74) is 2.72. The monoisotopic (exact) mass is 617 g/mol. The van der Waals surface area contributed by atoms with E-state index in [1.807, 2.05) is 25.1 Å². The van der Waals surface area contributed by atoms with Gasteiger partial charge in [0, 0.05) is 15.6 Å². The molecule has 0 bridgehead atoms. The summed E-state index contributed by atoms with van der Waals surface area (Å²) >= 11 is 26.5. The van der Waals surface area contributed by atoms with E-state index in [0.717, 1.165) is 14.7 Å². The number of hydrogen-bond donors (Lipinski definition) is 0. The van der Waals surface area contributed by atoms with Crippen LogP contribution in [-0.2, 0) is 6.61 Å². The Morgan fingerprint density at radius 1 is 0.969 bits per heavy atom. The first-order valence-corrected chi connectivity index (χ1v) is 12.0. The standard InChI is InChI=1S/C24H16Cl4INO2/c1-2-31-23-9-14(7-17(12-30)15-4-6-19(26)21(28)10-15)8-22(29)24(23)32-13-16-3-5-18(25)11-20(16)27/h3-11H,2,13H2,1H3/b17-7-. The summed E-state index contributed by atoms with van der Waals surface area (Å²) in [6.07, 6.45) is 1.77. The lowest BCUT2D eigenvalue weighted by atomic mass is 10.0. The number of nitrogens with zero attached hydrogens (tertiary/aromatic N) is 1. The number of halogens is 5. The van der Waals surface area contributed by atoms with Gasteiger partial charge in [0.05, 0.1) is 31.9 Å². The Labute approximate surface area is 220 Å². The van der Waals surface area contributed by atoms with Crippen LogP contribution in [0.25, 0.3) is 11.6 Å². The molecule has 0 saturated heterocycles. The average Bonchev–Trinajstić information content (AvgIpc) is 2.75. The third-order valence-electron chi connectivity index (χ3n) is 4.38. The molecule has 0 aliphatic carbocycles. The van der Waals surface area contributed by atoms with Crippen LogP contribution in [0.15, 0.2) is 48.5 Å². The summed E-state index contributed by atoms with van der Waals surface area (Å²) in [7, 11) is 0. The van der Waals surface area contributed by atoms with E-state index in [9.17, 15) is 5.26 Å². The van der Waals surface area contributed by atoms with Gasteiger partial charge in [-0.25, -0.2) is 0 Å². The third kappa shape index (κ3) is 6.24. The lowest BCUT2D eigenvalue weighted by Gasteiger charge is -2.15. The van der Waals surface area contributed by atoms with Crippen LogP contribution < -0.4 is 9.47 Å². The molecule has 0 atom stereocenters. The van der Waals surface area contributed by atoms with Gasteiger partial charge in [-0.05, 0) is 83.1 Å². The molecule has 32 heavy (non-hydrogen) atoms. The van der Waals surface area contributed by atoms with Crippen molar-refractivity contribution in [3.63, 3.8) is 0 Å². The Morgan fingerprint density at radius 3 is 2.41 bits per heavy atom. The molecule has 8 heteroatoms. The fraction of sp³-hybridized carbons (Fsp3) is 0.125. The minimum absolute atomic E-state index is 0.258. The molecular formula is C24H16Cl4INO2. The lowest BCUT2D eigenvalue weighted by Crippen LogP contribution is -2.02. The van der Waals surface area contributed by atoms with Crippen molar-refractivity contribution in [1.82, 2.24) is 0 Å². The second-order valence-electron chi connectivity index (χ2n) is 6.59. The number of hydrogen-bond acceptors (Lipinski definition) is 3. The Balaban J connectivity index is 1.94. The summed E-state index contributed by atoms with van der Waals surface area (Å²) in [5.74, 6) is 1.17. The van der Waals surface area contributed by atoms with Crippen molar-refractivity contribution < 1.29 is 9.47 Å². The molecule has 0 aromatic heterocycles. The highest BCUT2D eigenvalue weighted by atomic mass is 127. The van der Waals surface area contributed by atoms with Gasteiger partial charge in [-0.15, -0.1) is 0 Å². The molecule has 0 N–H and O–H groups in total. The fourth-order valence-electron chi connectivity index (χ4n) is 2.87. The van der Waals surface area contributed by atoms with Gasteiger partial charge < -0.3 is 9.47 Å². The molecule has 164 valence electrons. The predicted molar refractivity (Wildman–Crippen MR) is 141 cm³/mol. The van der Waals surface area contributed by atoms with E-state index < -0.39 is 0 Å². The van der Waals surface area contributed by atoms with Crippen LogP contribution in [0.2, 0.25) is 20.1 Å². The first-order valence-electron chi connectivity index (χ1n) is 9.42. The van der Waals surface area contributed by atoms with Crippen LogP contribution in [0, 0.1) is 14.9 Å². The van der Waals surface area contributed by atoms with Gasteiger partial charge in [0.25, 0.3) is 0 Å². The molecule has 0 saturated carbocycles. The molecule has 0 aliphatic rings. The van der Waals surface area contributed by atoms with Gasteiger partial charge in [-0.1, -0.05) is 58.5 Å². The largest absolute Gasteiger partial charge is 0.490 e. The molecule has 0 radical (unpaired) electrons. The summed E-state index contributed by atoms with van der Waals surface area (Å²) in [4.78, 5) is 0. The highest BCUT2D eigenvalue weighted by Crippen LogP contribution is 2.37. The molecule has 3 aromatic carbocycles. The summed E-state index contributed by atoms with van der Waals surface area (Å²) in [6, 6.07) is 16.3. The molecular weight excluding hydrogens is 603 g/mol. The topological polar surface area (TPSA) is 42.2 Å². The van der Waals surface area contributed by atoms with Crippen LogP contribution in [0.1, 0.15) is 23.6 Å². The molecule has 0 unspecified atom stereocenters. The van der Waals surface area contributed by atoms with Crippen molar-refractivity contribution in [2.24, 2.45) is 0 Å². The summed E-state index contributed by atoms with van der Waals surface area (Å²) < 4.78 is 12.7. The van der Waals surface area contributed by atoms with E-state index >= 15 is 0 Å². The van der Waals surface area contributed by atoms with Crippen LogP contribution >= 0.6 is 69.0 Å². The minimum atomic E-state index is 0.258. The maximum Gasteiger partial charge on any atom is 0.175 e. The molecule has 0 heterocycles. The first kappa shape index (κ1) is 25.0. The predicted octanol–water partition coefficient (Wildman–Crippen LogP) is 8.95. The highest BCUT2D eigenvalue weighted by Gasteiger charge is 2.14. The number of rotatable bonds is 7. The van der Waals surface area contributed by atoms with Gasteiger partial charge in [0.15, 0.2) is 11.5 Å². The maximum absolute atomic E-state index is 9.68. The van der Waals surface area contributed by atoms with Gasteiger partial charge in [-0.3, -0.25) is 0 Å². The van der Waals surface area contributed by atoms with Crippen molar-refractivity contribution in [1.29, 1.82) is 5.26 Å². The smallest absolute Gasteiger partial charge is 0.175 e. The average molecular weight is 619 g/mol. The molecule has 3 aromatic rings. The Kier molecular flexibility index (Phi) is 8.98. The van der Waals surface area contributed by atoms with Gasteiger partial charge in [-0.2, -0.15) is 5.26 Å². The van der Waals surface area contributed by atoms with Crippen molar-refractivity contribution in [2.75, 3.05) is 6.61 Å². The first-order chi connectivity index (χ1) is 15.3. The van der Waals surface area contributed by atoms with Gasteiger partial charge in [0.2, 0.25) is 0 Å². The van der Waals surface area contributed by atoms with Crippen molar-refractivity contribution in [3.8, 4) is 17.6 Å². The van der Waals surface area contributed by atoms with Crippen LogP contribution in [0.4, 0.5) is 0 Å². The Hall–Kier alpha value is -1.62. The number of allylic oxidation sites excluding steroid dienone is 1.